The van der Waals surface area contributed by atoms with E-state index in [0.717, 1.165) is 5.69 Å². The first-order chi connectivity index (χ1) is 12.5. The molecule has 26 heavy (non-hydrogen) atoms. The van der Waals surface area contributed by atoms with Gasteiger partial charge in [0.15, 0.2) is 0 Å². The van der Waals surface area contributed by atoms with Crippen molar-refractivity contribution in [2.24, 2.45) is 7.05 Å². The Morgan fingerprint density at radius 2 is 2.00 bits per heavy atom. The molecule has 0 amide bonds. The van der Waals surface area contributed by atoms with Gasteiger partial charge in [0.2, 0.25) is 5.95 Å². The SMILES string of the molecule is CCOC(=O)c1cnc(Nc2ccc(-n3ncn(C)c3=O)cc2)nc1C. The number of hydrogen-bond donors (Lipinski definition) is 1. The lowest BCUT2D eigenvalue weighted by molar-refractivity contribution is 0.0524. The molecule has 0 unspecified atom stereocenters. The molecular formula is C17H18N6O3. The largest absolute Gasteiger partial charge is 0.462 e. The van der Waals surface area contributed by atoms with Crippen molar-refractivity contribution in [3.63, 3.8) is 0 Å². The second kappa shape index (κ2) is 7.18. The average molecular weight is 354 g/mol. The minimum Gasteiger partial charge on any atom is -0.462 e. The number of aryl methyl sites for hydroxylation is 2. The maximum atomic E-state index is 11.9. The predicted molar refractivity (Wildman–Crippen MR) is 94.8 cm³/mol. The summed E-state index contributed by atoms with van der Waals surface area (Å²) in [7, 11) is 1.64. The first kappa shape index (κ1) is 17.3. The third kappa shape index (κ3) is 3.46. The van der Waals surface area contributed by atoms with Crippen molar-refractivity contribution < 1.29 is 9.53 Å². The zero-order valence-electron chi connectivity index (χ0n) is 14.6. The molecule has 1 aromatic carbocycles. The molecule has 3 aromatic rings. The van der Waals surface area contributed by atoms with Crippen LogP contribution in [-0.4, -0.2) is 36.9 Å². The third-order valence-corrected chi connectivity index (χ3v) is 3.67. The van der Waals surface area contributed by atoms with Crippen molar-refractivity contribution in [3.8, 4) is 5.69 Å². The molecule has 1 N–H and O–H groups in total. The van der Waals surface area contributed by atoms with E-state index < -0.39 is 5.97 Å². The van der Waals surface area contributed by atoms with Gasteiger partial charge in [-0.3, -0.25) is 4.57 Å². The summed E-state index contributed by atoms with van der Waals surface area (Å²) in [5.41, 5.74) is 2.02. The standard InChI is InChI=1S/C17H18N6O3/c1-4-26-15(24)14-9-18-16(20-11(14)2)21-12-5-7-13(8-6-12)23-17(25)22(3)10-19-23/h5-10H,4H2,1-3H3,(H,18,20,21). The van der Waals surface area contributed by atoms with Gasteiger partial charge in [-0.25, -0.2) is 19.6 Å². The number of esters is 1. The number of rotatable bonds is 5. The van der Waals surface area contributed by atoms with E-state index >= 15 is 0 Å². The number of aromatic nitrogens is 5. The van der Waals surface area contributed by atoms with E-state index in [4.69, 9.17) is 4.74 Å². The first-order valence-electron chi connectivity index (χ1n) is 7.98. The van der Waals surface area contributed by atoms with E-state index in [1.165, 1.54) is 21.8 Å². The molecule has 0 aliphatic rings. The lowest BCUT2D eigenvalue weighted by atomic mass is 10.2. The molecule has 0 atom stereocenters. The Labute approximate surface area is 149 Å². The van der Waals surface area contributed by atoms with E-state index in [1.807, 2.05) is 0 Å². The Kier molecular flexibility index (Phi) is 4.78. The van der Waals surface area contributed by atoms with Crippen LogP contribution in [0.1, 0.15) is 23.0 Å². The van der Waals surface area contributed by atoms with Crippen LogP contribution in [0, 0.1) is 6.92 Å². The molecule has 0 aliphatic heterocycles. The third-order valence-electron chi connectivity index (χ3n) is 3.67. The van der Waals surface area contributed by atoms with Crippen LogP contribution in [0.4, 0.5) is 11.6 Å². The van der Waals surface area contributed by atoms with Crippen LogP contribution in [0.15, 0.2) is 41.6 Å². The summed E-state index contributed by atoms with van der Waals surface area (Å²) in [5.74, 6) is -0.0833. The second-order valence-electron chi connectivity index (χ2n) is 5.52. The van der Waals surface area contributed by atoms with Gasteiger partial charge in [0, 0.05) is 18.9 Å². The van der Waals surface area contributed by atoms with Crippen molar-refractivity contribution in [2.75, 3.05) is 11.9 Å². The minimum atomic E-state index is -0.443. The van der Waals surface area contributed by atoms with E-state index in [-0.39, 0.29) is 5.69 Å². The number of ether oxygens (including phenoxy) is 1. The van der Waals surface area contributed by atoms with Crippen molar-refractivity contribution in [1.29, 1.82) is 0 Å². The summed E-state index contributed by atoms with van der Waals surface area (Å²) < 4.78 is 7.66. The fraction of sp³-hybridized carbons (Fsp3) is 0.235. The number of hydrogen-bond acceptors (Lipinski definition) is 7. The number of nitrogens with zero attached hydrogens (tertiary/aromatic N) is 5. The van der Waals surface area contributed by atoms with Gasteiger partial charge < -0.3 is 10.1 Å². The molecule has 0 bridgehead atoms. The van der Waals surface area contributed by atoms with Crippen LogP contribution in [-0.2, 0) is 11.8 Å². The molecule has 134 valence electrons. The highest BCUT2D eigenvalue weighted by Crippen LogP contribution is 2.16. The molecule has 2 heterocycles. The highest BCUT2D eigenvalue weighted by molar-refractivity contribution is 5.90. The molecule has 2 aromatic heterocycles. The second-order valence-corrected chi connectivity index (χ2v) is 5.52. The fourth-order valence-electron chi connectivity index (χ4n) is 2.31. The Morgan fingerprint density at radius 1 is 1.27 bits per heavy atom. The van der Waals surface area contributed by atoms with Gasteiger partial charge in [0.25, 0.3) is 0 Å². The monoisotopic (exact) mass is 354 g/mol. The molecular weight excluding hydrogens is 336 g/mol. The van der Waals surface area contributed by atoms with Gasteiger partial charge in [-0.15, -0.1) is 0 Å². The van der Waals surface area contributed by atoms with Crippen LogP contribution in [0.2, 0.25) is 0 Å². The highest BCUT2D eigenvalue weighted by atomic mass is 16.5. The van der Waals surface area contributed by atoms with Gasteiger partial charge in [0.05, 0.1) is 23.6 Å². The normalized spacial score (nSPS) is 10.6. The van der Waals surface area contributed by atoms with Gasteiger partial charge in [-0.05, 0) is 38.1 Å². The number of carbonyl (C=O) groups excluding carboxylic acids is 1. The van der Waals surface area contributed by atoms with Crippen molar-refractivity contribution in [1.82, 2.24) is 24.3 Å². The molecule has 3 rings (SSSR count). The predicted octanol–water partition coefficient (Wildman–Crippen LogP) is 1.59. The van der Waals surface area contributed by atoms with Crippen LogP contribution in [0.3, 0.4) is 0 Å². The Morgan fingerprint density at radius 3 is 2.58 bits per heavy atom. The highest BCUT2D eigenvalue weighted by Gasteiger charge is 2.13. The van der Waals surface area contributed by atoms with Crippen LogP contribution < -0.4 is 11.0 Å². The summed E-state index contributed by atoms with van der Waals surface area (Å²) in [5, 5.41) is 7.08. The van der Waals surface area contributed by atoms with E-state index in [9.17, 15) is 9.59 Å². The molecule has 0 saturated carbocycles. The van der Waals surface area contributed by atoms with Crippen LogP contribution in [0.5, 0.6) is 0 Å². The zero-order chi connectivity index (χ0) is 18.7. The lowest BCUT2D eigenvalue weighted by Gasteiger charge is -2.08. The zero-order valence-corrected chi connectivity index (χ0v) is 14.6. The number of benzene rings is 1. The molecule has 9 nitrogen and oxygen atoms in total. The lowest BCUT2D eigenvalue weighted by Crippen LogP contribution is -2.21. The Bertz CT molecular complexity index is 990. The maximum Gasteiger partial charge on any atom is 0.350 e. The molecule has 0 aliphatic carbocycles. The number of anilines is 2. The summed E-state index contributed by atoms with van der Waals surface area (Å²) in [6.07, 6.45) is 2.89. The van der Waals surface area contributed by atoms with Crippen molar-refractivity contribution in [2.45, 2.75) is 13.8 Å². The van der Waals surface area contributed by atoms with E-state index in [2.05, 4.69) is 20.4 Å². The van der Waals surface area contributed by atoms with Gasteiger partial charge in [-0.2, -0.15) is 9.78 Å². The maximum absolute atomic E-state index is 11.9. The van der Waals surface area contributed by atoms with Crippen molar-refractivity contribution >= 4 is 17.6 Å². The van der Waals surface area contributed by atoms with Gasteiger partial charge >= 0.3 is 11.7 Å². The molecule has 0 radical (unpaired) electrons. The Hall–Kier alpha value is -3.49. The van der Waals surface area contributed by atoms with Crippen LogP contribution >= 0.6 is 0 Å². The van der Waals surface area contributed by atoms with Gasteiger partial charge in [-0.1, -0.05) is 0 Å². The van der Waals surface area contributed by atoms with Gasteiger partial charge in [0.1, 0.15) is 6.33 Å². The smallest absolute Gasteiger partial charge is 0.350 e. The summed E-state index contributed by atoms with van der Waals surface area (Å²) in [4.78, 5) is 32.1. The summed E-state index contributed by atoms with van der Waals surface area (Å²) in [6.45, 7) is 3.76. The number of nitrogens with one attached hydrogen (secondary N) is 1. The Balaban J connectivity index is 1.77. The number of carbonyl (C=O) groups is 1. The fourth-order valence-corrected chi connectivity index (χ4v) is 2.31. The minimum absolute atomic E-state index is 0.223. The summed E-state index contributed by atoms with van der Waals surface area (Å²) >= 11 is 0. The van der Waals surface area contributed by atoms with E-state index in [0.29, 0.717) is 29.5 Å². The topological polar surface area (TPSA) is 104 Å². The van der Waals surface area contributed by atoms with E-state index in [1.54, 1.807) is 45.2 Å². The first-order valence-corrected chi connectivity index (χ1v) is 7.98. The van der Waals surface area contributed by atoms with Crippen LogP contribution in [0.25, 0.3) is 5.69 Å². The average Bonchev–Trinajstić information content (AvgIpc) is 2.95. The summed E-state index contributed by atoms with van der Waals surface area (Å²) in [6, 6.07) is 7.09. The molecule has 0 fully saturated rings. The van der Waals surface area contributed by atoms with Crippen molar-refractivity contribution in [3.05, 3.63) is 58.5 Å². The molecule has 9 heteroatoms. The quantitative estimate of drug-likeness (QED) is 0.694. The molecule has 0 spiro atoms. The molecule has 0 saturated heterocycles.